The zero-order chi connectivity index (χ0) is 7.61. The van der Waals surface area contributed by atoms with E-state index in [9.17, 15) is 0 Å². The van der Waals surface area contributed by atoms with Crippen molar-refractivity contribution in [2.75, 3.05) is 0 Å². The molecule has 0 unspecified atom stereocenters. The first kappa shape index (κ1) is 7.61. The lowest BCUT2D eigenvalue weighted by atomic mass is 10.4. The summed E-state index contributed by atoms with van der Waals surface area (Å²) < 4.78 is 0. The highest BCUT2D eigenvalue weighted by atomic mass is 28.3. The van der Waals surface area contributed by atoms with Crippen molar-refractivity contribution in [2.24, 2.45) is 0 Å². The summed E-state index contributed by atoms with van der Waals surface area (Å²) in [6, 6.07) is 10.8. The van der Waals surface area contributed by atoms with E-state index in [-0.39, 0.29) is 0 Å². The van der Waals surface area contributed by atoms with Crippen molar-refractivity contribution in [1.82, 2.24) is 0 Å². The van der Waals surface area contributed by atoms with Crippen molar-refractivity contribution in [3.63, 3.8) is 0 Å². The molecule has 0 aromatic heterocycles. The van der Waals surface area contributed by atoms with Crippen LogP contribution in [0.25, 0.3) is 0 Å². The van der Waals surface area contributed by atoms with Gasteiger partial charge in [0.2, 0.25) is 0 Å². The van der Waals surface area contributed by atoms with E-state index in [0.717, 1.165) is 0 Å². The lowest BCUT2D eigenvalue weighted by molar-refractivity contribution is 1.73. The average molecular weight is 148 g/mol. The Labute approximate surface area is 64.6 Å². The van der Waals surface area contributed by atoms with Crippen LogP contribution in [-0.4, -0.2) is 15.4 Å². The third-order valence-corrected chi connectivity index (χ3v) is 3.71. The van der Waals surface area contributed by atoms with Gasteiger partial charge in [-0.1, -0.05) is 48.6 Å². The van der Waals surface area contributed by atoms with Crippen molar-refractivity contribution >= 4 is 20.6 Å². The predicted octanol–water partition coefficient (Wildman–Crippen LogP) is 0.732. The van der Waals surface area contributed by atoms with Gasteiger partial charge in [-0.15, -0.1) is 0 Å². The monoisotopic (exact) mass is 148 g/mol. The number of hydrogen-bond acceptors (Lipinski definition) is 0. The van der Waals surface area contributed by atoms with Crippen molar-refractivity contribution in [3.05, 3.63) is 30.3 Å². The van der Waals surface area contributed by atoms with Crippen LogP contribution < -0.4 is 5.19 Å². The Morgan fingerprint density at radius 3 is 1.90 bits per heavy atom. The minimum Gasteiger partial charge on any atom is -0.0713 e. The van der Waals surface area contributed by atoms with Gasteiger partial charge in [-0.2, -0.15) is 0 Å². The summed E-state index contributed by atoms with van der Waals surface area (Å²) in [6.07, 6.45) is 0. The van der Waals surface area contributed by atoms with Crippen LogP contribution in [0, 0.1) is 0 Å². The second-order valence-electron chi connectivity index (χ2n) is 3.62. The first-order valence-electron chi connectivity index (χ1n) is 3.66. The Morgan fingerprint density at radius 2 is 1.60 bits per heavy atom. The largest absolute Gasteiger partial charge is 0.102 e. The Kier molecular flexibility index (Phi) is 2.00. The molecule has 1 aromatic carbocycles. The van der Waals surface area contributed by atoms with E-state index in [4.69, 9.17) is 0 Å². The lowest BCUT2D eigenvalue weighted by Gasteiger charge is -2.15. The fourth-order valence-electron chi connectivity index (χ4n) is 0.938. The van der Waals surface area contributed by atoms with Crippen LogP contribution >= 0.6 is 0 Å². The highest BCUT2D eigenvalue weighted by Crippen LogP contribution is 1.95. The highest BCUT2D eigenvalue weighted by molar-refractivity contribution is 7.23. The van der Waals surface area contributed by atoms with Crippen LogP contribution in [0.3, 0.4) is 0 Å². The minimum atomic E-state index is -1.03. The first-order chi connectivity index (χ1) is 4.61. The van der Waals surface area contributed by atoms with Crippen LogP contribution in [0.2, 0.25) is 13.1 Å². The van der Waals surface area contributed by atoms with Gasteiger partial charge in [0.15, 0.2) is 0 Å². The molecule has 0 nitrogen and oxygen atoms in total. The van der Waals surface area contributed by atoms with Gasteiger partial charge in [-0.25, -0.2) is 0 Å². The molecule has 1 aromatic rings. The number of rotatable bonds is 1. The molecule has 2 heteroatoms. The molecule has 0 radical (unpaired) electrons. The summed E-state index contributed by atoms with van der Waals surface area (Å²) in [5, 5.41) is 1.54. The maximum atomic E-state index is 2.36. The van der Waals surface area contributed by atoms with Gasteiger partial charge >= 0.3 is 0 Å². The van der Waals surface area contributed by atoms with Crippen LogP contribution in [0.15, 0.2) is 30.3 Å². The van der Waals surface area contributed by atoms with Gasteiger partial charge in [0.1, 0.15) is 7.44 Å². The summed E-state index contributed by atoms with van der Waals surface area (Å²) in [7, 11) is 1.33. The maximum absolute atomic E-state index is 2.36. The Hall–Kier alpha value is -0.498. The molecule has 10 heavy (non-hydrogen) atoms. The van der Waals surface area contributed by atoms with E-state index in [0.29, 0.717) is 0 Å². The van der Waals surface area contributed by atoms with Crippen molar-refractivity contribution in [2.45, 2.75) is 13.1 Å². The van der Waals surface area contributed by atoms with Gasteiger partial charge in [-0.3, -0.25) is 0 Å². The summed E-state index contributed by atoms with van der Waals surface area (Å²) in [6.45, 7) is 4.73. The molecule has 0 saturated carbocycles. The van der Waals surface area contributed by atoms with Crippen molar-refractivity contribution < 1.29 is 0 Å². The van der Waals surface area contributed by atoms with Gasteiger partial charge in [-0.05, 0) is 0 Å². The quantitative estimate of drug-likeness (QED) is 0.515. The molecule has 0 amide bonds. The van der Waals surface area contributed by atoms with Crippen LogP contribution in [0.5, 0.6) is 0 Å². The first-order valence-corrected chi connectivity index (χ1v) is 7.16. The van der Waals surface area contributed by atoms with E-state index in [1.807, 2.05) is 0 Å². The summed E-state index contributed by atoms with van der Waals surface area (Å²) in [5.74, 6) is 0. The molecule has 1 rings (SSSR count). The molecule has 0 bridgehead atoms. The Morgan fingerprint density at radius 1 is 1.10 bits per heavy atom. The third kappa shape index (κ3) is 1.74. The second-order valence-corrected chi connectivity index (χ2v) is 8.69. The molecule has 0 aliphatic rings. The molecular formula is C8H13BSi. The molecule has 0 aliphatic heterocycles. The summed E-state index contributed by atoms with van der Waals surface area (Å²) in [5.41, 5.74) is 0. The van der Waals surface area contributed by atoms with Crippen LogP contribution in [0.1, 0.15) is 0 Å². The Balaban J connectivity index is 2.97. The zero-order valence-electron chi connectivity index (χ0n) is 6.89. The van der Waals surface area contributed by atoms with E-state index in [1.54, 1.807) is 0 Å². The predicted molar refractivity (Wildman–Crippen MR) is 52.1 cm³/mol. The number of benzene rings is 1. The third-order valence-electron chi connectivity index (χ3n) is 1.64. The fraction of sp³-hybridized carbons (Fsp3) is 0.250. The molecule has 0 aliphatic carbocycles. The second kappa shape index (κ2) is 2.62. The highest BCUT2D eigenvalue weighted by Gasteiger charge is 2.14. The molecule has 52 valence electrons. The van der Waals surface area contributed by atoms with Crippen LogP contribution in [-0.2, 0) is 0 Å². The van der Waals surface area contributed by atoms with Gasteiger partial charge < -0.3 is 0 Å². The molecule has 0 fully saturated rings. The average Bonchev–Trinajstić information content (AvgIpc) is 1.88. The normalized spacial score (nSPS) is 11.4. The van der Waals surface area contributed by atoms with E-state index in [1.165, 1.54) is 5.19 Å². The lowest BCUT2D eigenvalue weighted by Crippen LogP contribution is -2.41. The topological polar surface area (TPSA) is 0 Å². The maximum Gasteiger partial charge on any atom is 0.102 e. The van der Waals surface area contributed by atoms with Crippen LogP contribution in [0.4, 0.5) is 0 Å². The zero-order valence-corrected chi connectivity index (χ0v) is 7.89. The molecule has 0 N–H and O–H groups in total. The number of hydrogen-bond donors (Lipinski definition) is 0. The van der Waals surface area contributed by atoms with Gasteiger partial charge in [0.25, 0.3) is 0 Å². The van der Waals surface area contributed by atoms with Gasteiger partial charge in [0, 0.05) is 7.94 Å². The molecule has 0 spiro atoms. The fourth-order valence-corrected chi connectivity index (χ4v) is 2.13. The van der Waals surface area contributed by atoms with E-state index < -0.39 is 7.94 Å². The summed E-state index contributed by atoms with van der Waals surface area (Å²) in [4.78, 5) is 0. The smallest absolute Gasteiger partial charge is 0.0713 e. The van der Waals surface area contributed by atoms with Crippen molar-refractivity contribution in [1.29, 1.82) is 0 Å². The minimum absolute atomic E-state index is 1.03. The standard InChI is InChI=1S/C8H13BSi/c1-10(2,9)8-6-4-3-5-7-8/h3-7H,9H2,1-2H3. The van der Waals surface area contributed by atoms with E-state index >= 15 is 0 Å². The van der Waals surface area contributed by atoms with Crippen molar-refractivity contribution in [3.8, 4) is 0 Å². The molecule has 0 heterocycles. The Bertz CT molecular complexity index is 200. The van der Waals surface area contributed by atoms with E-state index in [2.05, 4.69) is 50.9 Å². The SMILES string of the molecule is B[Si](C)(C)c1ccccc1. The summed E-state index contributed by atoms with van der Waals surface area (Å²) >= 11 is 0. The van der Waals surface area contributed by atoms with Gasteiger partial charge in [0.05, 0.1) is 0 Å². The molecule has 0 saturated heterocycles. The molecule has 0 atom stereocenters. The molecular weight excluding hydrogens is 135 g/mol.